The van der Waals surface area contributed by atoms with Crippen LogP contribution in [0.25, 0.3) is 16.6 Å². The maximum atomic E-state index is 10.6. The van der Waals surface area contributed by atoms with Crippen LogP contribution < -0.4 is 10.2 Å². The van der Waals surface area contributed by atoms with Crippen molar-refractivity contribution in [3.8, 4) is 11.5 Å². The molecule has 1 aliphatic rings. The fourth-order valence-corrected chi connectivity index (χ4v) is 5.23. The Hall–Kier alpha value is -2.99. The van der Waals surface area contributed by atoms with E-state index in [1.54, 1.807) is 13.1 Å². The van der Waals surface area contributed by atoms with Crippen LogP contribution in [0.1, 0.15) is 55.0 Å². The number of hydrogen-bond acceptors (Lipinski definition) is 3. The maximum Gasteiger partial charge on any atom is 0.177 e. The third-order valence-electron chi connectivity index (χ3n) is 6.84. The summed E-state index contributed by atoms with van der Waals surface area (Å²) in [7, 11) is 3.95. The summed E-state index contributed by atoms with van der Waals surface area (Å²) < 4.78 is 2.34. The second-order valence-electron chi connectivity index (χ2n) is 8.79. The first-order valence-corrected chi connectivity index (χ1v) is 12.1. The quantitative estimate of drug-likeness (QED) is 0.427. The van der Waals surface area contributed by atoms with Gasteiger partial charge in [0.15, 0.2) is 5.11 Å². The van der Waals surface area contributed by atoms with E-state index in [9.17, 15) is 10.2 Å². The smallest absolute Gasteiger partial charge is 0.177 e. The molecule has 3 N–H and O–H groups in total. The average Bonchev–Trinajstić information content (AvgIpc) is 3.03. The van der Waals surface area contributed by atoms with Crippen molar-refractivity contribution in [1.29, 1.82) is 0 Å². The van der Waals surface area contributed by atoms with Gasteiger partial charge in [-0.15, -0.1) is 0 Å². The molecule has 0 amide bonds. The first kappa shape index (κ1) is 23.2. The van der Waals surface area contributed by atoms with Crippen LogP contribution in [0.15, 0.2) is 36.9 Å². The van der Waals surface area contributed by atoms with Crippen molar-refractivity contribution < 1.29 is 10.2 Å². The Morgan fingerprint density at radius 2 is 1.82 bits per heavy atom. The van der Waals surface area contributed by atoms with Gasteiger partial charge in [0.1, 0.15) is 11.5 Å². The van der Waals surface area contributed by atoms with Gasteiger partial charge in [-0.1, -0.05) is 26.3 Å². The molecule has 2 aromatic carbocycles. The van der Waals surface area contributed by atoms with Crippen molar-refractivity contribution >= 4 is 39.6 Å². The molecule has 1 heterocycles. The molecule has 3 aromatic rings. The van der Waals surface area contributed by atoms with E-state index in [1.807, 2.05) is 11.8 Å². The van der Waals surface area contributed by atoms with Gasteiger partial charge in [-0.25, -0.2) is 0 Å². The number of phenols is 2. The Kier molecular flexibility index (Phi) is 6.66. The van der Waals surface area contributed by atoms with Gasteiger partial charge >= 0.3 is 0 Å². The van der Waals surface area contributed by atoms with Crippen LogP contribution in [0, 0.1) is 0 Å². The number of aromatic nitrogens is 1. The molecule has 0 fully saturated rings. The molecule has 4 rings (SSSR count). The molecule has 0 spiro atoms. The number of aromatic hydroxyl groups is 2. The van der Waals surface area contributed by atoms with E-state index in [1.165, 1.54) is 53.9 Å². The molecule has 0 saturated carbocycles. The third kappa shape index (κ3) is 4.20. The molecule has 0 bridgehead atoms. The lowest BCUT2D eigenvalue weighted by Crippen LogP contribution is -2.36. The summed E-state index contributed by atoms with van der Waals surface area (Å²) in [6.07, 6.45) is 7.87. The van der Waals surface area contributed by atoms with E-state index in [2.05, 4.69) is 41.7 Å². The first-order chi connectivity index (χ1) is 15.9. The van der Waals surface area contributed by atoms with E-state index in [4.69, 9.17) is 12.2 Å². The number of thiocarbonyl (C=S) groups is 1. The lowest BCUT2D eigenvalue weighted by Gasteiger charge is -2.28. The second-order valence-corrected chi connectivity index (χ2v) is 9.18. The van der Waals surface area contributed by atoms with Crippen LogP contribution in [0.3, 0.4) is 0 Å². The normalized spacial score (nSPS) is 13.8. The molecule has 1 aromatic heterocycles. The largest absolute Gasteiger partial charge is 0.508 e. The van der Waals surface area contributed by atoms with Crippen molar-refractivity contribution in [2.75, 3.05) is 11.9 Å². The molecule has 6 heteroatoms. The number of nitrogens with one attached hydrogen (secondary N) is 1. The van der Waals surface area contributed by atoms with Crippen LogP contribution in [-0.2, 0) is 26.3 Å². The van der Waals surface area contributed by atoms with Gasteiger partial charge in [0.05, 0.1) is 5.70 Å². The Morgan fingerprint density at radius 1 is 1.09 bits per heavy atom. The van der Waals surface area contributed by atoms with Crippen LogP contribution in [0.2, 0.25) is 0 Å². The van der Waals surface area contributed by atoms with Crippen molar-refractivity contribution in [3.63, 3.8) is 0 Å². The summed E-state index contributed by atoms with van der Waals surface area (Å²) in [5.74, 6) is 0.0584. The lowest BCUT2D eigenvalue weighted by atomic mass is 9.96. The van der Waals surface area contributed by atoms with E-state index in [0.29, 0.717) is 22.8 Å². The minimum Gasteiger partial charge on any atom is -0.508 e. The highest BCUT2D eigenvalue weighted by molar-refractivity contribution is 7.80. The fraction of sp³-hybridized carbons (Fsp3) is 0.370. The van der Waals surface area contributed by atoms with Gasteiger partial charge in [0.2, 0.25) is 0 Å². The zero-order valence-electron chi connectivity index (χ0n) is 19.7. The Bertz CT molecular complexity index is 1230. The van der Waals surface area contributed by atoms with Crippen LogP contribution >= 0.6 is 12.2 Å². The zero-order chi connectivity index (χ0) is 23.7. The predicted octanol–water partition coefficient (Wildman–Crippen LogP) is 5.79. The molecule has 1 aliphatic carbocycles. The van der Waals surface area contributed by atoms with Crippen LogP contribution in [0.5, 0.6) is 11.5 Å². The molecule has 0 radical (unpaired) electrons. The van der Waals surface area contributed by atoms with Crippen molar-refractivity contribution in [2.24, 2.45) is 7.05 Å². The Balaban J connectivity index is 1.84. The topological polar surface area (TPSA) is 60.7 Å². The average molecular weight is 464 g/mol. The Morgan fingerprint density at radius 3 is 2.52 bits per heavy atom. The number of anilines is 1. The van der Waals surface area contributed by atoms with E-state index in [0.717, 1.165) is 24.1 Å². The number of phenolic OH excluding ortho intramolecular Hbond substituents is 2. The summed E-state index contributed by atoms with van der Waals surface area (Å²) in [6, 6.07) is 9.58. The Labute approximate surface area is 201 Å². The summed E-state index contributed by atoms with van der Waals surface area (Å²) in [5.41, 5.74) is 6.85. The minimum atomic E-state index is -0.0236. The monoisotopic (exact) mass is 463 g/mol. The molecular formula is C27H33N3O2S. The first-order valence-electron chi connectivity index (χ1n) is 11.7. The number of benzene rings is 2. The lowest BCUT2D eigenvalue weighted by molar-refractivity contribution is 0.445. The summed E-state index contributed by atoms with van der Waals surface area (Å²) >= 11 is 5.67. The van der Waals surface area contributed by atoms with Crippen molar-refractivity contribution in [3.05, 3.63) is 59.3 Å². The van der Waals surface area contributed by atoms with Crippen molar-refractivity contribution in [1.82, 2.24) is 9.88 Å². The van der Waals surface area contributed by atoms with E-state index >= 15 is 0 Å². The number of rotatable bonds is 4. The van der Waals surface area contributed by atoms with Crippen LogP contribution in [0.4, 0.5) is 5.69 Å². The van der Waals surface area contributed by atoms with E-state index < -0.39 is 0 Å². The third-order valence-corrected chi connectivity index (χ3v) is 7.23. The number of nitrogens with zero attached hydrogens (tertiary/aromatic N) is 2. The van der Waals surface area contributed by atoms with Crippen molar-refractivity contribution in [2.45, 2.75) is 51.9 Å². The zero-order valence-corrected chi connectivity index (χ0v) is 20.6. The predicted molar refractivity (Wildman–Crippen MR) is 141 cm³/mol. The fourth-order valence-electron chi connectivity index (χ4n) is 5.01. The molecule has 0 unspecified atom stereocenters. The number of fused-ring (bicyclic) bond motifs is 3. The van der Waals surface area contributed by atoms with Gasteiger partial charge in [-0.05, 0) is 79.7 Å². The number of aryl methyl sites for hydroxylation is 3. The second kappa shape index (κ2) is 9.48. The SMILES string of the molecule is C=C(c1cc(CC)c(O)cc1O)N(C(=S)NC)c1ccc2c(c1)c1c(n2C)CCCCCC1. The molecule has 0 aliphatic heterocycles. The molecular weight excluding hydrogens is 430 g/mol. The highest BCUT2D eigenvalue weighted by atomic mass is 32.1. The summed E-state index contributed by atoms with van der Waals surface area (Å²) in [4.78, 5) is 1.86. The van der Waals surface area contributed by atoms with Crippen LogP contribution in [-0.4, -0.2) is 26.9 Å². The highest BCUT2D eigenvalue weighted by Crippen LogP contribution is 2.38. The van der Waals surface area contributed by atoms with Gasteiger partial charge in [-0.2, -0.15) is 0 Å². The van der Waals surface area contributed by atoms with E-state index in [-0.39, 0.29) is 11.5 Å². The minimum absolute atomic E-state index is 0.0236. The van der Waals surface area contributed by atoms with Gasteiger partial charge in [-0.3, -0.25) is 4.90 Å². The summed E-state index contributed by atoms with van der Waals surface area (Å²) in [5, 5.41) is 25.6. The molecule has 174 valence electrons. The molecule has 0 atom stereocenters. The van der Waals surface area contributed by atoms with Gasteiger partial charge < -0.3 is 20.1 Å². The molecule has 0 saturated heterocycles. The van der Waals surface area contributed by atoms with Gasteiger partial charge in [0.25, 0.3) is 0 Å². The highest BCUT2D eigenvalue weighted by Gasteiger charge is 2.23. The molecule has 5 nitrogen and oxygen atoms in total. The maximum absolute atomic E-state index is 10.6. The molecule has 33 heavy (non-hydrogen) atoms. The standard InChI is InChI=1S/C27H33N3O2S/c1-5-18-14-21(26(32)16-25(18)31)17(2)30(27(33)28-3)19-12-13-24-22(15-19)20-10-8-6-7-9-11-23(20)29(24)4/h12-16,31-32H,2,5-11H2,1,3-4H3,(H,28,33). The number of hydrogen-bond donors (Lipinski definition) is 3. The summed E-state index contributed by atoms with van der Waals surface area (Å²) in [6.45, 7) is 6.25. The van der Waals surface area contributed by atoms with Gasteiger partial charge in [0, 0.05) is 48.0 Å².